The fourth-order valence-corrected chi connectivity index (χ4v) is 5.36. The van der Waals surface area contributed by atoms with Gasteiger partial charge in [-0.3, -0.25) is 0 Å². The first kappa shape index (κ1) is 24.7. The molecule has 0 radical (unpaired) electrons. The van der Waals surface area contributed by atoms with Gasteiger partial charge in [-0.05, 0) is 86.9 Å². The maximum Gasteiger partial charge on any atom is 0.320 e. The number of halogens is 1. The van der Waals surface area contributed by atoms with E-state index in [0.29, 0.717) is 26.1 Å². The molecule has 5 nitrogen and oxygen atoms in total. The SMILES string of the molecule is Cc1ccc(-c2c(C)c3c(c(C)c2[C@@H](CO)OC(C)(C)C)CN(C(=O)N2CC[C@@H](F)C2)C3)cc1. The fraction of sp³-hybridized carbons (Fsp3) is 0.536. The van der Waals surface area contributed by atoms with Crippen LogP contribution in [0.1, 0.15) is 66.7 Å². The van der Waals surface area contributed by atoms with Gasteiger partial charge >= 0.3 is 6.03 Å². The van der Waals surface area contributed by atoms with Crippen LogP contribution in [0.25, 0.3) is 11.1 Å². The molecular formula is C28H37FN2O3. The smallest absolute Gasteiger partial charge is 0.320 e. The first-order valence-electron chi connectivity index (χ1n) is 12.2. The van der Waals surface area contributed by atoms with Crippen molar-refractivity contribution in [1.82, 2.24) is 9.80 Å². The molecule has 1 saturated heterocycles. The predicted molar refractivity (Wildman–Crippen MR) is 132 cm³/mol. The van der Waals surface area contributed by atoms with Crippen molar-refractivity contribution in [2.24, 2.45) is 0 Å². The van der Waals surface area contributed by atoms with E-state index in [9.17, 15) is 14.3 Å². The second-order valence-electron chi connectivity index (χ2n) is 10.7. The average molecular weight is 469 g/mol. The topological polar surface area (TPSA) is 53.0 Å². The Bertz CT molecular complexity index is 1070. The van der Waals surface area contributed by atoms with Gasteiger partial charge in [-0.1, -0.05) is 29.8 Å². The summed E-state index contributed by atoms with van der Waals surface area (Å²) in [6.45, 7) is 13.7. The van der Waals surface area contributed by atoms with Gasteiger partial charge in [0.15, 0.2) is 0 Å². The molecule has 0 aliphatic carbocycles. The number of ether oxygens (including phenoxy) is 1. The molecule has 0 unspecified atom stereocenters. The van der Waals surface area contributed by atoms with Crippen LogP contribution in [0.4, 0.5) is 9.18 Å². The van der Waals surface area contributed by atoms with Gasteiger partial charge in [0.1, 0.15) is 12.3 Å². The summed E-state index contributed by atoms with van der Waals surface area (Å²) >= 11 is 0. The Morgan fingerprint density at radius 3 is 2.24 bits per heavy atom. The summed E-state index contributed by atoms with van der Waals surface area (Å²) in [5.41, 5.74) is 8.30. The van der Waals surface area contributed by atoms with Gasteiger partial charge in [-0.2, -0.15) is 0 Å². The Kier molecular flexibility index (Phi) is 6.76. The highest BCUT2D eigenvalue weighted by atomic mass is 19.1. The van der Waals surface area contributed by atoms with Crippen molar-refractivity contribution in [2.45, 2.75) is 78.9 Å². The zero-order chi connectivity index (χ0) is 24.8. The zero-order valence-corrected chi connectivity index (χ0v) is 21.2. The predicted octanol–water partition coefficient (Wildman–Crippen LogP) is 5.61. The third-order valence-electron chi connectivity index (χ3n) is 7.01. The quantitative estimate of drug-likeness (QED) is 0.635. The number of aliphatic hydroxyl groups is 1. The van der Waals surface area contributed by atoms with E-state index in [0.717, 1.165) is 38.9 Å². The van der Waals surface area contributed by atoms with E-state index in [1.807, 2.05) is 25.7 Å². The minimum Gasteiger partial charge on any atom is -0.393 e. The lowest BCUT2D eigenvalue weighted by atomic mass is 9.83. The Morgan fingerprint density at radius 2 is 1.71 bits per heavy atom. The Morgan fingerprint density at radius 1 is 1.09 bits per heavy atom. The van der Waals surface area contributed by atoms with Crippen molar-refractivity contribution in [3.05, 3.63) is 57.6 Å². The molecule has 0 aromatic heterocycles. The highest BCUT2D eigenvalue weighted by Gasteiger charge is 2.36. The fourth-order valence-electron chi connectivity index (χ4n) is 5.36. The number of carbonyl (C=O) groups excluding carboxylic acids is 1. The number of aryl methyl sites for hydroxylation is 1. The lowest BCUT2D eigenvalue weighted by molar-refractivity contribution is -0.0822. The van der Waals surface area contributed by atoms with E-state index < -0.39 is 17.9 Å². The maximum absolute atomic E-state index is 13.7. The number of rotatable bonds is 4. The second kappa shape index (κ2) is 9.31. The first-order chi connectivity index (χ1) is 16.0. The number of fused-ring (bicyclic) bond motifs is 1. The lowest BCUT2D eigenvalue weighted by Crippen LogP contribution is -2.39. The van der Waals surface area contributed by atoms with Gasteiger partial charge in [0, 0.05) is 19.6 Å². The number of alkyl halides is 1. The molecule has 6 heteroatoms. The number of likely N-dealkylation sites (tertiary alicyclic amines) is 1. The summed E-state index contributed by atoms with van der Waals surface area (Å²) in [5, 5.41) is 10.4. The maximum atomic E-state index is 13.7. The molecule has 2 heterocycles. The lowest BCUT2D eigenvalue weighted by Gasteiger charge is -2.31. The van der Waals surface area contributed by atoms with E-state index >= 15 is 0 Å². The minimum atomic E-state index is -0.933. The first-order valence-corrected chi connectivity index (χ1v) is 12.2. The van der Waals surface area contributed by atoms with E-state index in [1.54, 1.807) is 4.90 Å². The summed E-state index contributed by atoms with van der Waals surface area (Å²) in [4.78, 5) is 16.6. The molecule has 2 amide bonds. The van der Waals surface area contributed by atoms with Crippen molar-refractivity contribution in [2.75, 3.05) is 19.7 Å². The summed E-state index contributed by atoms with van der Waals surface area (Å²) in [7, 11) is 0. The molecule has 184 valence electrons. The molecule has 34 heavy (non-hydrogen) atoms. The molecule has 2 aliphatic rings. The van der Waals surface area contributed by atoms with Crippen LogP contribution in [0, 0.1) is 20.8 Å². The zero-order valence-electron chi connectivity index (χ0n) is 21.2. The molecule has 2 aromatic carbocycles. The number of urea groups is 1. The molecule has 0 bridgehead atoms. The third-order valence-corrected chi connectivity index (χ3v) is 7.01. The van der Waals surface area contributed by atoms with Crippen molar-refractivity contribution in [3.8, 4) is 11.1 Å². The van der Waals surface area contributed by atoms with Crippen LogP contribution in [0.2, 0.25) is 0 Å². The highest BCUT2D eigenvalue weighted by Crippen LogP contribution is 2.43. The van der Waals surface area contributed by atoms with Crippen LogP contribution < -0.4 is 0 Å². The molecular weight excluding hydrogens is 431 g/mol. The van der Waals surface area contributed by atoms with E-state index in [4.69, 9.17) is 4.74 Å². The Hall–Kier alpha value is -2.44. The van der Waals surface area contributed by atoms with Gasteiger partial charge in [0.05, 0.1) is 18.8 Å². The molecule has 0 saturated carbocycles. The molecule has 4 rings (SSSR count). The number of hydrogen-bond donors (Lipinski definition) is 1. The van der Waals surface area contributed by atoms with E-state index in [-0.39, 0.29) is 19.2 Å². The molecule has 2 atom stereocenters. The molecule has 1 N–H and O–H groups in total. The van der Waals surface area contributed by atoms with Gasteiger partial charge in [-0.15, -0.1) is 0 Å². The number of nitrogens with zero attached hydrogens (tertiary/aromatic N) is 2. The van der Waals surface area contributed by atoms with Crippen LogP contribution >= 0.6 is 0 Å². The summed E-state index contributed by atoms with van der Waals surface area (Å²) in [6, 6.07) is 8.31. The largest absolute Gasteiger partial charge is 0.393 e. The minimum absolute atomic E-state index is 0.0989. The second-order valence-corrected chi connectivity index (χ2v) is 10.7. The molecule has 0 spiro atoms. The van der Waals surface area contributed by atoms with Gasteiger partial charge in [-0.25, -0.2) is 9.18 Å². The van der Waals surface area contributed by atoms with E-state index in [1.165, 1.54) is 5.56 Å². The van der Waals surface area contributed by atoms with Crippen LogP contribution in [-0.4, -0.2) is 52.4 Å². The molecule has 1 fully saturated rings. The molecule has 2 aromatic rings. The van der Waals surface area contributed by atoms with E-state index in [2.05, 4.69) is 45.0 Å². The standard InChI is InChI=1S/C28H37FN2O3/c1-17-7-9-20(10-8-17)25-18(2)22-14-31(27(33)30-12-11-21(29)13-30)15-23(22)19(3)26(25)24(16-32)34-28(4,5)6/h7-10,21,24,32H,11-16H2,1-6H3/t21-,24-/m1/s1. The van der Waals surface area contributed by atoms with Crippen LogP contribution in [-0.2, 0) is 17.8 Å². The van der Waals surface area contributed by atoms with Crippen molar-refractivity contribution < 1.29 is 19.0 Å². The Balaban J connectivity index is 1.82. The third kappa shape index (κ3) is 4.71. The van der Waals surface area contributed by atoms with Gasteiger partial charge in [0.2, 0.25) is 0 Å². The number of carbonyl (C=O) groups is 1. The molecule has 2 aliphatic heterocycles. The number of aliphatic hydroxyl groups excluding tert-OH is 1. The summed E-state index contributed by atoms with van der Waals surface area (Å²) in [6.07, 6.45) is -1.01. The Labute approximate surface area is 202 Å². The van der Waals surface area contributed by atoms with Crippen LogP contribution in [0.5, 0.6) is 0 Å². The van der Waals surface area contributed by atoms with Crippen LogP contribution in [0.3, 0.4) is 0 Å². The van der Waals surface area contributed by atoms with Crippen molar-refractivity contribution in [1.29, 1.82) is 0 Å². The monoisotopic (exact) mass is 468 g/mol. The highest BCUT2D eigenvalue weighted by molar-refractivity contribution is 5.79. The average Bonchev–Trinajstić information content (AvgIpc) is 3.41. The van der Waals surface area contributed by atoms with Crippen LogP contribution in [0.15, 0.2) is 24.3 Å². The number of hydrogen-bond acceptors (Lipinski definition) is 3. The van der Waals surface area contributed by atoms with Gasteiger partial charge < -0.3 is 19.6 Å². The summed E-state index contributed by atoms with van der Waals surface area (Å²) in [5.74, 6) is 0. The van der Waals surface area contributed by atoms with Crippen molar-refractivity contribution in [3.63, 3.8) is 0 Å². The number of amides is 2. The van der Waals surface area contributed by atoms with Crippen molar-refractivity contribution >= 4 is 6.03 Å². The van der Waals surface area contributed by atoms with Gasteiger partial charge in [0.25, 0.3) is 0 Å². The summed E-state index contributed by atoms with van der Waals surface area (Å²) < 4.78 is 20.1. The normalized spacial score (nSPS) is 19.0. The number of benzene rings is 2.